The van der Waals surface area contributed by atoms with Crippen LogP contribution in [0.1, 0.15) is 18.4 Å². The van der Waals surface area contributed by atoms with Gasteiger partial charge in [0.25, 0.3) is 0 Å². The molecule has 1 aliphatic heterocycles. The Morgan fingerprint density at radius 1 is 1.56 bits per heavy atom. The molecular formula is C13H15ClN2O2. The topological polar surface area (TPSA) is 54.3 Å². The van der Waals surface area contributed by atoms with Crippen LogP contribution >= 0.6 is 11.6 Å². The summed E-state index contributed by atoms with van der Waals surface area (Å²) in [5.74, 6) is 1.00. The van der Waals surface area contributed by atoms with E-state index in [1.165, 1.54) is 13.5 Å². The van der Waals surface area contributed by atoms with Crippen LogP contribution in [0, 0.1) is 11.3 Å². The quantitative estimate of drug-likeness (QED) is 0.909. The van der Waals surface area contributed by atoms with Crippen LogP contribution < -0.4 is 14.8 Å². The molecule has 1 fully saturated rings. The summed E-state index contributed by atoms with van der Waals surface area (Å²) in [6.07, 6.45) is 2.28. The molecule has 1 unspecified atom stereocenters. The molecule has 1 aromatic rings. The lowest BCUT2D eigenvalue weighted by Gasteiger charge is -2.15. The van der Waals surface area contributed by atoms with Crippen molar-refractivity contribution in [2.75, 3.05) is 20.3 Å². The van der Waals surface area contributed by atoms with Gasteiger partial charge in [-0.3, -0.25) is 0 Å². The molecule has 1 N–H and O–H groups in total. The summed E-state index contributed by atoms with van der Waals surface area (Å²) in [5.41, 5.74) is 0.461. The predicted molar refractivity (Wildman–Crippen MR) is 69.2 cm³/mol. The second-order valence-electron chi connectivity index (χ2n) is 4.21. The molecule has 1 heterocycles. The molecule has 5 heteroatoms. The molecule has 0 bridgehead atoms. The molecule has 1 aliphatic rings. The molecule has 4 nitrogen and oxygen atoms in total. The minimum atomic E-state index is 0.362. The van der Waals surface area contributed by atoms with Crippen LogP contribution in [0.2, 0.25) is 5.02 Å². The van der Waals surface area contributed by atoms with Gasteiger partial charge in [0.1, 0.15) is 6.61 Å². The fourth-order valence-corrected chi connectivity index (χ4v) is 2.27. The first kappa shape index (κ1) is 13.0. The van der Waals surface area contributed by atoms with Crippen LogP contribution in [0.15, 0.2) is 12.1 Å². The van der Waals surface area contributed by atoms with Gasteiger partial charge < -0.3 is 14.8 Å². The van der Waals surface area contributed by atoms with Gasteiger partial charge in [-0.05, 0) is 25.5 Å². The van der Waals surface area contributed by atoms with E-state index in [2.05, 4.69) is 5.32 Å². The van der Waals surface area contributed by atoms with Crippen LogP contribution in [0.5, 0.6) is 11.5 Å². The molecule has 1 atom stereocenters. The highest BCUT2D eigenvalue weighted by Crippen LogP contribution is 2.36. The van der Waals surface area contributed by atoms with E-state index in [0.717, 1.165) is 13.0 Å². The third kappa shape index (κ3) is 2.87. The number of nitrogens with zero attached hydrogens (tertiary/aromatic N) is 1. The fourth-order valence-electron chi connectivity index (χ4n) is 2.01. The number of halogens is 1. The summed E-state index contributed by atoms with van der Waals surface area (Å²) in [7, 11) is 1.54. The van der Waals surface area contributed by atoms with Crippen LogP contribution in [-0.2, 0) is 0 Å². The second-order valence-corrected chi connectivity index (χ2v) is 4.61. The molecule has 18 heavy (non-hydrogen) atoms. The van der Waals surface area contributed by atoms with Gasteiger partial charge in [-0.15, -0.1) is 0 Å². The molecule has 1 saturated heterocycles. The SMILES string of the molecule is COc1cc(C#N)cc(Cl)c1OCC1CCCN1. The van der Waals surface area contributed by atoms with Crippen LogP contribution in [0.3, 0.4) is 0 Å². The number of hydrogen-bond donors (Lipinski definition) is 1. The van der Waals surface area contributed by atoms with Crippen LogP contribution in [0.25, 0.3) is 0 Å². The molecule has 0 amide bonds. The van der Waals surface area contributed by atoms with E-state index in [-0.39, 0.29) is 0 Å². The van der Waals surface area contributed by atoms with Crippen molar-refractivity contribution in [1.29, 1.82) is 5.26 Å². The zero-order chi connectivity index (χ0) is 13.0. The van der Waals surface area contributed by atoms with Crippen LogP contribution in [0.4, 0.5) is 0 Å². The Hall–Kier alpha value is -1.44. The minimum absolute atomic E-state index is 0.362. The molecule has 0 spiro atoms. The molecular weight excluding hydrogens is 252 g/mol. The number of rotatable bonds is 4. The number of benzene rings is 1. The first-order valence-corrected chi connectivity index (χ1v) is 6.26. The molecule has 2 rings (SSSR count). The highest BCUT2D eigenvalue weighted by Gasteiger charge is 2.17. The van der Waals surface area contributed by atoms with Crippen molar-refractivity contribution in [2.45, 2.75) is 18.9 Å². The van der Waals surface area contributed by atoms with E-state index in [1.54, 1.807) is 12.1 Å². The predicted octanol–water partition coefficient (Wildman–Crippen LogP) is 2.35. The number of ether oxygens (including phenoxy) is 2. The third-order valence-corrected chi connectivity index (χ3v) is 3.23. The van der Waals surface area contributed by atoms with Crippen LogP contribution in [-0.4, -0.2) is 26.3 Å². The number of nitriles is 1. The zero-order valence-electron chi connectivity index (χ0n) is 10.2. The Labute approximate surface area is 111 Å². The zero-order valence-corrected chi connectivity index (χ0v) is 11.0. The number of nitrogens with one attached hydrogen (secondary N) is 1. The summed E-state index contributed by atoms with van der Waals surface area (Å²) in [4.78, 5) is 0. The Morgan fingerprint density at radius 3 is 3.00 bits per heavy atom. The van der Waals surface area contributed by atoms with Crippen molar-refractivity contribution < 1.29 is 9.47 Å². The highest BCUT2D eigenvalue weighted by molar-refractivity contribution is 6.32. The van der Waals surface area contributed by atoms with E-state index >= 15 is 0 Å². The first-order chi connectivity index (χ1) is 8.74. The fraction of sp³-hybridized carbons (Fsp3) is 0.462. The maximum absolute atomic E-state index is 8.86. The maximum atomic E-state index is 8.86. The van der Waals surface area contributed by atoms with Crippen molar-refractivity contribution in [2.24, 2.45) is 0 Å². The molecule has 0 aliphatic carbocycles. The summed E-state index contributed by atoms with van der Waals surface area (Å²) < 4.78 is 10.9. The van der Waals surface area contributed by atoms with E-state index in [4.69, 9.17) is 26.3 Å². The van der Waals surface area contributed by atoms with E-state index in [0.29, 0.717) is 34.7 Å². The van der Waals surface area contributed by atoms with Gasteiger partial charge in [0.2, 0.25) is 0 Å². The van der Waals surface area contributed by atoms with Crippen molar-refractivity contribution in [3.05, 3.63) is 22.7 Å². The number of hydrogen-bond acceptors (Lipinski definition) is 4. The summed E-state index contributed by atoms with van der Waals surface area (Å²) >= 11 is 6.10. The molecule has 1 aromatic carbocycles. The van der Waals surface area contributed by atoms with Gasteiger partial charge in [0, 0.05) is 12.1 Å². The Morgan fingerprint density at radius 2 is 2.39 bits per heavy atom. The normalized spacial score (nSPS) is 18.4. The highest BCUT2D eigenvalue weighted by atomic mass is 35.5. The molecule has 0 aromatic heterocycles. The van der Waals surface area contributed by atoms with Crippen molar-refractivity contribution in [3.63, 3.8) is 0 Å². The molecule has 0 radical (unpaired) electrons. The summed E-state index contributed by atoms with van der Waals surface area (Å²) in [6.45, 7) is 1.59. The van der Waals surface area contributed by atoms with E-state index in [9.17, 15) is 0 Å². The van der Waals surface area contributed by atoms with Crippen molar-refractivity contribution in [3.8, 4) is 17.6 Å². The Kier molecular flexibility index (Phi) is 4.29. The van der Waals surface area contributed by atoms with Crippen molar-refractivity contribution >= 4 is 11.6 Å². The molecule has 0 saturated carbocycles. The largest absolute Gasteiger partial charge is 0.493 e. The standard InChI is InChI=1S/C13H15ClN2O2/c1-17-12-6-9(7-15)5-11(14)13(12)18-8-10-3-2-4-16-10/h5-6,10,16H,2-4,8H2,1H3. The van der Waals surface area contributed by atoms with Gasteiger partial charge in [0.15, 0.2) is 11.5 Å². The third-order valence-electron chi connectivity index (χ3n) is 2.95. The summed E-state index contributed by atoms with van der Waals surface area (Å²) in [5, 5.41) is 12.6. The van der Waals surface area contributed by atoms with Gasteiger partial charge >= 0.3 is 0 Å². The Bertz CT molecular complexity index is 465. The minimum Gasteiger partial charge on any atom is -0.493 e. The monoisotopic (exact) mass is 266 g/mol. The average Bonchev–Trinajstić information content (AvgIpc) is 2.89. The van der Waals surface area contributed by atoms with Crippen molar-refractivity contribution in [1.82, 2.24) is 5.32 Å². The van der Waals surface area contributed by atoms with Gasteiger partial charge in [0.05, 0.1) is 23.8 Å². The first-order valence-electron chi connectivity index (χ1n) is 5.88. The van der Waals surface area contributed by atoms with Gasteiger partial charge in [-0.2, -0.15) is 5.26 Å². The Balaban J connectivity index is 2.13. The lowest BCUT2D eigenvalue weighted by Crippen LogP contribution is -2.28. The lowest BCUT2D eigenvalue weighted by molar-refractivity contribution is 0.262. The molecule has 96 valence electrons. The van der Waals surface area contributed by atoms with E-state index < -0.39 is 0 Å². The maximum Gasteiger partial charge on any atom is 0.179 e. The lowest BCUT2D eigenvalue weighted by atomic mass is 10.2. The van der Waals surface area contributed by atoms with Gasteiger partial charge in [-0.1, -0.05) is 11.6 Å². The average molecular weight is 267 g/mol. The smallest absolute Gasteiger partial charge is 0.179 e. The van der Waals surface area contributed by atoms with Gasteiger partial charge in [-0.25, -0.2) is 0 Å². The van der Waals surface area contributed by atoms with E-state index in [1.807, 2.05) is 6.07 Å². The second kappa shape index (κ2) is 5.94. The summed E-state index contributed by atoms with van der Waals surface area (Å²) in [6, 6.07) is 5.61. The number of methoxy groups -OCH3 is 1.